The fourth-order valence-corrected chi connectivity index (χ4v) is 2.25. The molecule has 0 bridgehead atoms. The number of rotatable bonds is 2. The summed E-state index contributed by atoms with van der Waals surface area (Å²) in [6, 6.07) is 13.8. The van der Waals surface area contributed by atoms with Gasteiger partial charge >= 0.3 is 0 Å². The van der Waals surface area contributed by atoms with Gasteiger partial charge in [0.15, 0.2) is 0 Å². The summed E-state index contributed by atoms with van der Waals surface area (Å²) in [5.41, 5.74) is 3.73. The van der Waals surface area contributed by atoms with Crippen molar-refractivity contribution < 1.29 is 0 Å². The predicted octanol–water partition coefficient (Wildman–Crippen LogP) is 3.37. The zero-order chi connectivity index (χ0) is 13.8. The smallest absolute Gasteiger partial charge is 0.0998 e. The van der Waals surface area contributed by atoms with Crippen LogP contribution in [0, 0.1) is 11.3 Å². The van der Waals surface area contributed by atoms with Crippen molar-refractivity contribution in [1.29, 1.82) is 5.26 Å². The fraction of sp³-hybridized carbons (Fsp3) is 0.0588. The highest BCUT2D eigenvalue weighted by Crippen LogP contribution is 2.25. The molecule has 2 aromatic rings. The first-order valence-corrected chi connectivity index (χ1v) is 6.43. The van der Waals surface area contributed by atoms with Crippen molar-refractivity contribution in [3.8, 4) is 6.07 Å². The lowest BCUT2D eigenvalue weighted by Crippen LogP contribution is -2.19. The number of hydrogen-bond acceptors (Lipinski definition) is 3. The van der Waals surface area contributed by atoms with Gasteiger partial charge in [-0.05, 0) is 23.8 Å². The summed E-state index contributed by atoms with van der Waals surface area (Å²) < 4.78 is 0. The van der Waals surface area contributed by atoms with Crippen LogP contribution >= 0.6 is 0 Å². The van der Waals surface area contributed by atoms with Crippen LogP contribution in [0.2, 0.25) is 0 Å². The SMILES string of the molecule is N#Cc1ccccc1C1=CN(c2cccnc2)CC=C1. The van der Waals surface area contributed by atoms with E-state index in [1.165, 1.54) is 0 Å². The zero-order valence-electron chi connectivity index (χ0n) is 10.9. The van der Waals surface area contributed by atoms with Crippen LogP contribution in [0.25, 0.3) is 5.57 Å². The normalized spacial score (nSPS) is 13.8. The molecule has 0 saturated heterocycles. The van der Waals surface area contributed by atoms with Crippen LogP contribution in [-0.4, -0.2) is 11.5 Å². The van der Waals surface area contributed by atoms with Crippen LogP contribution < -0.4 is 4.90 Å². The maximum absolute atomic E-state index is 9.21. The fourth-order valence-electron chi connectivity index (χ4n) is 2.25. The van der Waals surface area contributed by atoms with Crippen LogP contribution in [0.3, 0.4) is 0 Å². The Morgan fingerprint density at radius 2 is 2.05 bits per heavy atom. The molecule has 0 aliphatic carbocycles. The maximum Gasteiger partial charge on any atom is 0.0998 e. The highest BCUT2D eigenvalue weighted by molar-refractivity contribution is 5.80. The van der Waals surface area contributed by atoms with Gasteiger partial charge in [0.1, 0.15) is 0 Å². The highest BCUT2D eigenvalue weighted by Gasteiger charge is 2.11. The van der Waals surface area contributed by atoms with E-state index in [1.807, 2.05) is 42.6 Å². The largest absolute Gasteiger partial charge is 0.342 e. The molecule has 0 spiro atoms. The Kier molecular flexibility index (Phi) is 3.30. The van der Waals surface area contributed by atoms with Crippen molar-refractivity contribution in [3.63, 3.8) is 0 Å². The molecule has 0 atom stereocenters. The molecule has 1 aliphatic rings. The molecule has 20 heavy (non-hydrogen) atoms. The van der Waals surface area contributed by atoms with E-state index in [-0.39, 0.29) is 0 Å². The first-order chi connectivity index (χ1) is 9.88. The average Bonchev–Trinajstić information content (AvgIpc) is 2.56. The van der Waals surface area contributed by atoms with E-state index in [1.54, 1.807) is 6.20 Å². The van der Waals surface area contributed by atoms with E-state index in [2.05, 4.69) is 34.3 Å². The number of hydrogen-bond donors (Lipinski definition) is 0. The zero-order valence-corrected chi connectivity index (χ0v) is 10.9. The van der Waals surface area contributed by atoms with Gasteiger partial charge < -0.3 is 4.90 Å². The van der Waals surface area contributed by atoms with Crippen molar-refractivity contribution in [2.45, 2.75) is 0 Å². The van der Waals surface area contributed by atoms with Gasteiger partial charge in [-0.3, -0.25) is 4.98 Å². The van der Waals surface area contributed by atoms with Gasteiger partial charge in [0, 0.05) is 24.5 Å². The monoisotopic (exact) mass is 259 g/mol. The minimum absolute atomic E-state index is 0.691. The van der Waals surface area contributed by atoms with E-state index < -0.39 is 0 Å². The quantitative estimate of drug-likeness (QED) is 0.830. The van der Waals surface area contributed by atoms with Crippen LogP contribution in [0.1, 0.15) is 11.1 Å². The molecule has 2 heterocycles. The second-order valence-corrected chi connectivity index (χ2v) is 4.51. The van der Waals surface area contributed by atoms with Crippen LogP contribution in [0.4, 0.5) is 5.69 Å². The van der Waals surface area contributed by atoms with Crippen LogP contribution in [-0.2, 0) is 0 Å². The topological polar surface area (TPSA) is 39.9 Å². The predicted molar refractivity (Wildman–Crippen MR) is 79.9 cm³/mol. The maximum atomic E-state index is 9.21. The summed E-state index contributed by atoms with van der Waals surface area (Å²) in [7, 11) is 0. The first-order valence-electron chi connectivity index (χ1n) is 6.43. The first kappa shape index (κ1) is 12.2. The van der Waals surface area contributed by atoms with E-state index in [0.29, 0.717) is 5.56 Å². The molecule has 0 N–H and O–H groups in total. The third kappa shape index (κ3) is 2.32. The standard InChI is InChI=1S/C17H13N3/c18-11-14-5-1-2-8-17(14)15-6-4-10-20(13-15)16-7-3-9-19-12-16/h1-9,12-13H,10H2. The number of nitrogens with zero attached hydrogens (tertiary/aromatic N) is 3. The molecule has 3 nitrogen and oxygen atoms in total. The Hall–Kier alpha value is -2.86. The van der Waals surface area contributed by atoms with Crippen molar-refractivity contribution >= 4 is 11.3 Å². The van der Waals surface area contributed by atoms with Gasteiger partial charge in [-0.15, -0.1) is 0 Å². The lowest BCUT2D eigenvalue weighted by atomic mass is 9.99. The summed E-state index contributed by atoms with van der Waals surface area (Å²) in [5, 5.41) is 9.21. The molecular weight excluding hydrogens is 246 g/mol. The average molecular weight is 259 g/mol. The minimum atomic E-state index is 0.691. The third-order valence-electron chi connectivity index (χ3n) is 3.23. The lowest BCUT2D eigenvalue weighted by Gasteiger charge is -2.23. The van der Waals surface area contributed by atoms with E-state index in [0.717, 1.165) is 23.4 Å². The Morgan fingerprint density at radius 3 is 2.85 bits per heavy atom. The molecule has 0 fully saturated rings. The van der Waals surface area contributed by atoms with Crippen molar-refractivity contribution in [2.24, 2.45) is 0 Å². The van der Waals surface area contributed by atoms with Crippen molar-refractivity contribution in [1.82, 2.24) is 4.98 Å². The van der Waals surface area contributed by atoms with E-state index >= 15 is 0 Å². The molecule has 1 aliphatic heterocycles. The van der Waals surface area contributed by atoms with Crippen LogP contribution in [0.5, 0.6) is 0 Å². The number of allylic oxidation sites excluding steroid dienone is 2. The van der Waals surface area contributed by atoms with Crippen molar-refractivity contribution in [2.75, 3.05) is 11.4 Å². The van der Waals surface area contributed by atoms with Gasteiger partial charge in [0.05, 0.1) is 23.5 Å². The Balaban J connectivity index is 2.00. The summed E-state index contributed by atoms with van der Waals surface area (Å²) in [5.74, 6) is 0. The molecule has 3 rings (SSSR count). The number of benzene rings is 1. The summed E-state index contributed by atoms with van der Waals surface area (Å²) in [6.07, 6.45) is 9.81. The third-order valence-corrected chi connectivity index (χ3v) is 3.23. The van der Waals surface area contributed by atoms with Gasteiger partial charge in [0.25, 0.3) is 0 Å². The second kappa shape index (κ2) is 5.41. The number of pyridine rings is 1. The number of aromatic nitrogens is 1. The Morgan fingerprint density at radius 1 is 1.15 bits per heavy atom. The molecule has 1 aromatic heterocycles. The molecule has 0 unspecified atom stereocenters. The highest BCUT2D eigenvalue weighted by atomic mass is 15.1. The van der Waals surface area contributed by atoms with E-state index in [4.69, 9.17) is 0 Å². The molecule has 3 heteroatoms. The number of nitriles is 1. The Bertz CT molecular complexity index is 709. The molecule has 1 aromatic carbocycles. The molecule has 0 amide bonds. The minimum Gasteiger partial charge on any atom is -0.342 e. The van der Waals surface area contributed by atoms with Gasteiger partial charge in [-0.2, -0.15) is 5.26 Å². The van der Waals surface area contributed by atoms with Crippen LogP contribution in [0.15, 0.2) is 67.1 Å². The molecule has 0 saturated carbocycles. The van der Waals surface area contributed by atoms with Gasteiger partial charge in [-0.25, -0.2) is 0 Å². The second-order valence-electron chi connectivity index (χ2n) is 4.51. The van der Waals surface area contributed by atoms with Gasteiger partial charge in [0.2, 0.25) is 0 Å². The summed E-state index contributed by atoms with van der Waals surface area (Å²) in [6.45, 7) is 0.809. The van der Waals surface area contributed by atoms with Gasteiger partial charge in [-0.1, -0.05) is 30.4 Å². The Labute approximate surface area is 118 Å². The summed E-state index contributed by atoms with van der Waals surface area (Å²) in [4.78, 5) is 6.27. The lowest BCUT2D eigenvalue weighted by molar-refractivity contribution is 1.06. The molecular formula is C17H13N3. The molecule has 96 valence electrons. The number of anilines is 1. The molecule has 0 radical (unpaired) electrons. The summed E-state index contributed by atoms with van der Waals surface area (Å²) >= 11 is 0. The van der Waals surface area contributed by atoms with E-state index in [9.17, 15) is 5.26 Å². The van der Waals surface area contributed by atoms with Crippen molar-refractivity contribution in [3.05, 3.63) is 78.3 Å².